The number of aliphatic hydroxyl groups is 1. The van der Waals surface area contributed by atoms with Crippen LogP contribution in [0.15, 0.2) is 48.5 Å². The fraction of sp³-hybridized carbons (Fsp3) is 0.346. The molecule has 3 rings (SSSR count). The molecule has 0 saturated heterocycles. The van der Waals surface area contributed by atoms with Crippen LogP contribution in [0.3, 0.4) is 0 Å². The molecule has 0 spiro atoms. The summed E-state index contributed by atoms with van der Waals surface area (Å²) >= 11 is 0. The molecule has 0 aliphatic heterocycles. The Bertz CT molecular complexity index is 1130. The summed E-state index contributed by atoms with van der Waals surface area (Å²) in [5.74, 6) is -0.984. The number of aromatic carboxylic acids is 1. The van der Waals surface area contributed by atoms with Crippen LogP contribution >= 0.6 is 0 Å². The third kappa shape index (κ3) is 5.31. The molecule has 1 amide bonds. The number of carbonyl (C=O) groups is 2. The summed E-state index contributed by atoms with van der Waals surface area (Å²) in [5, 5.41) is 20.1. The van der Waals surface area contributed by atoms with Gasteiger partial charge in [0, 0.05) is 13.0 Å². The molecule has 0 aliphatic rings. The van der Waals surface area contributed by atoms with E-state index in [2.05, 4.69) is 11.9 Å². The van der Waals surface area contributed by atoms with Gasteiger partial charge in [-0.15, -0.1) is 0 Å². The largest absolute Gasteiger partial charge is 0.478 e. The standard InChI is InChI=1S/C26H31N3O4/c1-4-5-10-21-28-22(24(30)16(2)3)23(25(27)31)29(21)15-17-11-13-18(14-12-17)19-8-6-7-9-20(19)26(32)33/h6-9,11-14,16,24,30H,4-5,10,15H2,1-3H3,(H2,27,31)(H,32,33). The van der Waals surface area contributed by atoms with Crippen molar-refractivity contribution in [3.63, 3.8) is 0 Å². The highest BCUT2D eigenvalue weighted by Gasteiger charge is 2.27. The molecule has 3 aromatic rings. The third-order valence-corrected chi connectivity index (χ3v) is 5.74. The van der Waals surface area contributed by atoms with Crippen LogP contribution in [-0.2, 0) is 13.0 Å². The average molecular weight is 450 g/mol. The summed E-state index contributed by atoms with van der Waals surface area (Å²) < 4.78 is 1.80. The van der Waals surface area contributed by atoms with Crippen LogP contribution in [0, 0.1) is 5.92 Å². The van der Waals surface area contributed by atoms with E-state index in [-0.39, 0.29) is 17.2 Å². The molecule has 1 atom stereocenters. The first-order valence-electron chi connectivity index (χ1n) is 11.2. The van der Waals surface area contributed by atoms with Gasteiger partial charge >= 0.3 is 5.97 Å². The molecular weight excluding hydrogens is 418 g/mol. The Morgan fingerprint density at radius 3 is 2.33 bits per heavy atom. The Balaban J connectivity index is 2.00. The lowest BCUT2D eigenvalue weighted by Crippen LogP contribution is -2.22. The van der Waals surface area contributed by atoms with Gasteiger partial charge in [-0.1, -0.05) is 69.7 Å². The number of carboxylic acids is 1. The van der Waals surface area contributed by atoms with Gasteiger partial charge in [0.25, 0.3) is 5.91 Å². The molecule has 1 heterocycles. The van der Waals surface area contributed by atoms with Crippen LogP contribution in [-0.4, -0.2) is 31.6 Å². The van der Waals surface area contributed by atoms with E-state index in [1.54, 1.807) is 22.8 Å². The lowest BCUT2D eigenvalue weighted by Gasteiger charge is -2.15. The summed E-state index contributed by atoms with van der Waals surface area (Å²) in [5.41, 5.74) is 8.88. The SMILES string of the molecule is CCCCc1nc(C(O)C(C)C)c(C(N)=O)n1Cc1ccc(-c2ccccc2C(=O)O)cc1. The molecule has 0 saturated carbocycles. The van der Waals surface area contributed by atoms with Crippen molar-refractivity contribution in [1.82, 2.24) is 9.55 Å². The zero-order valence-electron chi connectivity index (χ0n) is 19.3. The second kappa shape index (κ2) is 10.4. The first kappa shape index (κ1) is 24.2. The highest BCUT2D eigenvalue weighted by atomic mass is 16.4. The van der Waals surface area contributed by atoms with Gasteiger partial charge in [0.1, 0.15) is 23.3 Å². The van der Waals surface area contributed by atoms with Gasteiger partial charge in [-0.05, 0) is 35.1 Å². The number of unbranched alkanes of at least 4 members (excludes halogenated alkanes) is 1. The second-order valence-corrected chi connectivity index (χ2v) is 8.55. The van der Waals surface area contributed by atoms with Crippen molar-refractivity contribution in [1.29, 1.82) is 0 Å². The number of rotatable bonds is 10. The number of amides is 1. The Kier molecular flexibility index (Phi) is 7.66. The molecule has 1 aromatic heterocycles. The maximum Gasteiger partial charge on any atom is 0.336 e. The molecule has 0 bridgehead atoms. The van der Waals surface area contributed by atoms with Crippen LogP contribution in [0.4, 0.5) is 0 Å². The number of carbonyl (C=O) groups excluding carboxylic acids is 1. The quantitative estimate of drug-likeness (QED) is 0.423. The van der Waals surface area contributed by atoms with Gasteiger partial charge in [0.05, 0.1) is 5.56 Å². The van der Waals surface area contributed by atoms with E-state index in [4.69, 9.17) is 5.73 Å². The number of nitrogens with two attached hydrogens (primary N) is 1. The van der Waals surface area contributed by atoms with Gasteiger partial charge in [0.15, 0.2) is 0 Å². The normalized spacial score (nSPS) is 12.2. The fourth-order valence-corrected chi connectivity index (χ4v) is 3.89. The molecule has 0 radical (unpaired) electrons. The summed E-state index contributed by atoms with van der Waals surface area (Å²) in [6.07, 6.45) is 1.66. The first-order valence-corrected chi connectivity index (χ1v) is 11.2. The zero-order valence-corrected chi connectivity index (χ0v) is 19.3. The highest BCUT2D eigenvalue weighted by molar-refractivity contribution is 5.96. The lowest BCUT2D eigenvalue weighted by atomic mass is 9.98. The summed E-state index contributed by atoms with van der Waals surface area (Å²) in [6.45, 7) is 6.19. The van der Waals surface area contributed by atoms with Gasteiger partial charge in [0.2, 0.25) is 0 Å². The van der Waals surface area contributed by atoms with Gasteiger partial charge in [-0.25, -0.2) is 9.78 Å². The molecular formula is C26H31N3O4. The summed E-state index contributed by atoms with van der Waals surface area (Å²) in [6, 6.07) is 14.4. The van der Waals surface area contributed by atoms with Crippen LogP contribution in [0.2, 0.25) is 0 Å². The number of nitrogens with zero attached hydrogens (tertiary/aromatic N) is 2. The summed E-state index contributed by atoms with van der Waals surface area (Å²) in [4.78, 5) is 28.6. The predicted octanol–water partition coefficient (Wildman–Crippen LogP) is 4.43. The van der Waals surface area contributed by atoms with E-state index in [1.165, 1.54) is 0 Å². The Morgan fingerprint density at radius 1 is 1.09 bits per heavy atom. The highest BCUT2D eigenvalue weighted by Crippen LogP contribution is 2.28. The van der Waals surface area contributed by atoms with E-state index in [9.17, 15) is 19.8 Å². The fourth-order valence-electron chi connectivity index (χ4n) is 3.89. The summed E-state index contributed by atoms with van der Waals surface area (Å²) in [7, 11) is 0. The number of hydrogen-bond acceptors (Lipinski definition) is 4. The Hall–Kier alpha value is -3.45. The van der Waals surface area contributed by atoms with Crippen molar-refractivity contribution in [2.45, 2.75) is 52.7 Å². The number of imidazole rings is 1. The number of hydrogen-bond donors (Lipinski definition) is 3. The van der Waals surface area contributed by atoms with Gasteiger partial charge in [-0.2, -0.15) is 0 Å². The molecule has 1 unspecified atom stereocenters. The van der Waals surface area contributed by atoms with E-state index < -0.39 is 18.0 Å². The van der Waals surface area contributed by atoms with Crippen LogP contribution in [0.5, 0.6) is 0 Å². The number of aryl methyl sites for hydroxylation is 1. The predicted molar refractivity (Wildman–Crippen MR) is 127 cm³/mol. The second-order valence-electron chi connectivity index (χ2n) is 8.55. The van der Waals surface area contributed by atoms with Gasteiger partial charge < -0.3 is 20.5 Å². The Labute approximate surface area is 193 Å². The van der Waals surface area contributed by atoms with Crippen molar-refractivity contribution in [2.24, 2.45) is 11.7 Å². The first-order chi connectivity index (χ1) is 15.7. The van der Waals surface area contributed by atoms with Crippen molar-refractivity contribution < 1.29 is 19.8 Å². The minimum atomic E-state index is -0.976. The molecule has 7 heteroatoms. The Morgan fingerprint density at radius 2 is 1.76 bits per heavy atom. The zero-order chi connectivity index (χ0) is 24.1. The minimum Gasteiger partial charge on any atom is -0.478 e. The molecule has 2 aromatic carbocycles. The third-order valence-electron chi connectivity index (χ3n) is 5.74. The monoisotopic (exact) mass is 449 g/mol. The minimum absolute atomic E-state index is 0.112. The number of primary amides is 1. The number of aliphatic hydroxyl groups excluding tert-OH is 1. The maximum absolute atomic E-state index is 12.4. The number of benzene rings is 2. The van der Waals surface area contributed by atoms with E-state index in [0.717, 1.165) is 29.8 Å². The molecule has 4 N–H and O–H groups in total. The van der Waals surface area contributed by atoms with Crippen molar-refractivity contribution in [2.75, 3.05) is 0 Å². The van der Waals surface area contributed by atoms with Crippen LogP contribution in [0.1, 0.15) is 77.6 Å². The maximum atomic E-state index is 12.4. The number of aromatic nitrogens is 2. The molecule has 7 nitrogen and oxygen atoms in total. The van der Waals surface area contributed by atoms with Crippen molar-refractivity contribution in [3.8, 4) is 11.1 Å². The lowest BCUT2D eigenvalue weighted by molar-refractivity contribution is 0.0697. The average Bonchev–Trinajstić information content (AvgIpc) is 3.15. The van der Waals surface area contributed by atoms with Crippen molar-refractivity contribution in [3.05, 3.63) is 76.9 Å². The van der Waals surface area contributed by atoms with Crippen molar-refractivity contribution >= 4 is 11.9 Å². The molecule has 33 heavy (non-hydrogen) atoms. The smallest absolute Gasteiger partial charge is 0.336 e. The number of carboxylic acid groups (broad SMARTS) is 1. The van der Waals surface area contributed by atoms with Gasteiger partial charge in [-0.3, -0.25) is 4.79 Å². The molecule has 0 aliphatic carbocycles. The van der Waals surface area contributed by atoms with Crippen LogP contribution in [0.25, 0.3) is 11.1 Å². The molecule has 0 fully saturated rings. The van der Waals surface area contributed by atoms with E-state index >= 15 is 0 Å². The topological polar surface area (TPSA) is 118 Å². The van der Waals surface area contributed by atoms with E-state index in [1.807, 2.05) is 44.2 Å². The van der Waals surface area contributed by atoms with Crippen LogP contribution < -0.4 is 5.73 Å². The van der Waals surface area contributed by atoms with E-state index in [0.29, 0.717) is 24.2 Å². The molecule has 174 valence electrons.